The fourth-order valence-corrected chi connectivity index (χ4v) is 1.93. The number of fused-ring (bicyclic) bond motifs is 1. The Morgan fingerprint density at radius 1 is 1.29 bits per heavy atom. The topological polar surface area (TPSA) is 12.5 Å². The number of likely N-dealkylation sites (N-methyl/N-ethyl adjacent to an activating group) is 1. The average molecular weight is 191 g/mol. The summed E-state index contributed by atoms with van der Waals surface area (Å²) < 4.78 is 5.77. The summed E-state index contributed by atoms with van der Waals surface area (Å²) in [7, 11) is 4.17. The molecule has 1 atom stereocenters. The van der Waals surface area contributed by atoms with E-state index in [1.807, 2.05) is 0 Å². The lowest BCUT2D eigenvalue weighted by Gasteiger charge is -2.27. The van der Waals surface area contributed by atoms with E-state index < -0.39 is 0 Å². The van der Waals surface area contributed by atoms with E-state index in [1.54, 1.807) is 0 Å². The normalized spacial score (nSPS) is 20.9. The van der Waals surface area contributed by atoms with Crippen molar-refractivity contribution < 1.29 is 4.74 Å². The van der Waals surface area contributed by atoms with Crippen molar-refractivity contribution in [2.75, 3.05) is 20.6 Å². The molecule has 0 fully saturated rings. The molecule has 2 nitrogen and oxygen atoms in total. The molecule has 0 saturated heterocycles. The molecular weight excluding hydrogens is 174 g/mol. The van der Waals surface area contributed by atoms with Gasteiger partial charge >= 0.3 is 0 Å². The molecule has 1 unspecified atom stereocenters. The number of rotatable bonds is 2. The lowest BCUT2D eigenvalue weighted by Crippen LogP contribution is -2.32. The fourth-order valence-electron chi connectivity index (χ4n) is 1.93. The molecule has 0 radical (unpaired) electrons. The monoisotopic (exact) mass is 191 g/mol. The SMILES string of the molecule is CN(C)CC1Cc2ccccc2CO1. The number of nitrogens with zero attached hydrogens (tertiary/aromatic N) is 1. The highest BCUT2D eigenvalue weighted by atomic mass is 16.5. The molecule has 0 spiro atoms. The minimum absolute atomic E-state index is 0.361. The van der Waals surface area contributed by atoms with E-state index in [4.69, 9.17) is 4.74 Å². The molecule has 2 rings (SSSR count). The van der Waals surface area contributed by atoms with Gasteiger partial charge in [0.2, 0.25) is 0 Å². The van der Waals surface area contributed by atoms with Gasteiger partial charge in [-0.2, -0.15) is 0 Å². The van der Waals surface area contributed by atoms with Gasteiger partial charge in [-0.3, -0.25) is 0 Å². The van der Waals surface area contributed by atoms with Gasteiger partial charge in [0.25, 0.3) is 0 Å². The molecule has 0 N–H and O–H groups in total. The fraction of sp³-hybridized carbons (Fsp3) is 0.500. The number of benzene rings is 1. The Hall–Kier alpha value is -0.860. The van der Waals surface area contributed by atoms with Crippen molar-refractivity contribution in [3.63, 3.8) is 0 Å². The first-order chi connectivity index (χ1) is 6.75. The largest absolute Gasteiger partial charge is 0.372 e. The lowest BCUT2D eigenvalue weighted by molar-refractivity contribution is 0.0134. The molecule has 0 saturated carbocycles. The van der Waals surface area contributed by atoms with Crippen LogP contribution in [0.3, 0.4) is 0 Å². The number of ether oxygens (including phenoxy) is 1. The van der Waals surface area contributed by atoms with Gasteiger partial charge in [-0.05, 0) is 25.2 Å². The minimum Gasteiger partial charge on any atom is -0.372 e. The smallest absolute Gasteiger partial charge is 0.0746 e. The third kappa shape index (κ3) is 2.14. The zero-order valence-electron chi connectivity index (χ0n) is 8.86. The van der Waals surface area contributed by atoms with Crippen molar-refractivity contribution in [3.8, 4) is 0 Å². The van der Waals surface area contributed by atoms with Crippen molar-refractivity contribution in [2.45, 2.75) is 19.1 Å². The Morgan fingerprint density at radius 3 is 2.71 bits per heavy atom. The maximum atomic E-state index is 5.77. The van der Waals surface area contributed by atoms with Crippen LogP contribution in [0.2, 0.25) is 0 Å². The standard InChI is InChI=1S/C12H17NO/c1-13(2)8-12-7-10-5-3-4-6-11(10)9-14-12/h3-6,12H,7-9H2,1-2H3. The van der Waals surface area contributed by atoms with Crippen LogP contribution in [0.1, 0.15) is 11.1 Å². The van der Waals surface area contributed by atoms with Gasteiger partial charge in [-0.25, -0.2) is 0 Å². The Labute approximate surface area is 85.5 Å². The van der Waals surface area contributed by atoms with Crippen LogP contribution in [-0.2, 0) is 17.8 Å². The molecule has 76 valence electrons. The highest BCUT2D eigenvalue weighted by Gasteiger charge is 2.18. The summed E-state index contributed by atoms with van der Waals surface area (Å²) in [5, 5.41) is 0. The predicted molar refractivity (Wildman–Crippen MR) is 57.3 cm³/mol. The molecule has 0 aromatic heterocycles. The van der Waals surface area contributed by atoms with Crippen LogP contribution in [0.25, 0.3) is 0 Å². The van der Waals surface area contributed by atoms with Crippen LogP contribution >= 0.6 is 0 Å². The maximum absolute atomic E-state index is 5.77. The third-order valence-electron chi connectivity index (χ3n) is 2.61. The van der Waals surface area contributed by atoms with Crippen LogP contribution in [0, 0.1) is 0 Å². The number of hydrogen-bond acceptors (Lipinski definition) is 2. The summed E-state index contributed by atoms with van der Waals surface area (Å²) in [6, 6.07) is 8.55. The molecule has 0 aliphatic carbocycles. The summed E-state index contributed by atoms with van der Waals surface area (Å²) in [5.74, 6) is 0. The molecule has 1 aliphatic rings. The van der Waals surface area contributed by atoms with E-state index in [0.29, 0.717) is 6.10 Å². The zero-order chi connectivity index (χ0) is 9.97. The maximum Gasteiger partial charge on any atom is 0.0746 e. The molecule has 14 heavy (non-hydrogen) atoms. The Morgan fingerprint density at radius 2 is 2.00 bits per heavy atom. The van der Waals surface area contributed by atoms with Crippen LogP contribution in [0.15, 0.2) is 24.3 Å². The van der Waals surface area contributed by atoms with Crippen molar-refractivity contribution in [1.29, 1.82) is 0 Å². The second-order valence-corrected chi connectivity index (χ2v) is 4.17. The van der Waals surface area contributed by atoms with Crippen LogP contribution in [-0.4, -0.2) is 31.6 Å². The van der Waals surface area contributed by atoms with E-state index in [1.165, 1.54) is 11.1 Å². The van der Waals surface area contributed by atoms with Gasteiger partial charge in [-0.15, -0.1) is 0 Å². The quantitative estimate of drug-likeness (QED) is 0.705. The van der Waals surface area contributed by atoms with Crippen molar-refractivity contribution >= 4 is 0 Å². The Kier molecular flexibility index (Phi) is 2.85. The summed E-state index contributed by atoms with van der Waals surface area (Å²) >= 11 is 0. The first-order valence-corrected chi connectivity index (χ1v) is 5.09. The highest BCUT2D eigenvalue weighted by Crippen LogP contribution is 2.20. The van der Waals surface area contributed by atoms with Gasteiger partial charge < -0.3 is 9.64 Å². The Bertz CT molecular complexity index is 309. The van der Waals surface area contributed by atoms with Crippen LogP contribution < -0.4 is 0 Å². The highest BCUT2D eigenvalue weighted by molar-refractivity contribution is 5.28. The lowest BCUT2D eigenvalue weighted by atomic mass is 9.99. The van der Waals surface area contributed by atoms with Crippen molar-refractivity contribution in [3.05, 3.63) is 35.4 Å². The molecule has 2 heteroatoms. The molecule has 1 aromatic carbocycles. The number of hydrogen-bond donors (Lipinski definition) is 0. The van der Waals surface area contributed by atoms with Gasteiger partial charge in [-0.1, -0.05) is 24.3 Å². The molecule has 1 heterocycles. The molecule has 0 amide bonds. The van der Waals surface area contributed by atoms with E-state index in [9.17, 15) is 0 Å². The molecule has 1 aliphatic heterocycles. The average Bonchev–Trinajstić information content (AvgIpc) is 2.17. The summed E-state index contributed by atoms with van der Waals surface area (Å²) in [5.41, 5.74) is 2.80. The second-order valence-electron chi connectivity index (χ2n) is 4.17. The van der Waals surface area contributed by atoms with E-state index in [-0.39, 0.29) is 0 Å². The van der Waals surface area contributed by atoms with Crippen LogP contribution in [0.5, 0.6) is 0 Å². The predicted octanol–water partition coefficient (Wildman–Crippen LogP) is 1.69. The van der Waals surface area contributed by atoms with E-state index in [0.717, 1.165) is 19.6 Å². The summed E-state index contributed by atoms with van der Waals surface area (Å²) in [6.07, 6.45) is 1.41. The Balaban J connectivity index is 2.06. The van der Waals surface area contributed by atoms with Gasteiger partial charge in [0.1, 0.15) is 0 Å². The summed E-state index contributed by atoms with van der Waals surface area (Å²) in [6.45, 7) is 1.78. The van der Waals surface area contributed by atoms with E-state index >= 15 is 0 Å². The van der Waals surface area contributed by atoms with Gasteiger partial charge in [0.05, 0.1) is 12.7 Å². The van der Waals surface area contributed by atoms with Gasteiger partial charge in [0, 0.05) is 13.0 Å². The first kappa shape index (κ1) is 9.69. The third-order valence-corrected chi connectivity index (χ3v) is 2.61. The van der Waals surface area contributed by atoms with Crippen molar-refractivity contribution in [1.82, 2.24) is 4.90 Å². The zero-order valence-corrected chi connectivity index (χ0v) is 8.86. The minimum atomic E-state index is 0.361. The summed E-state index contributed by atoms with van der Waals surface area (Å²) in [4.78, 5) is 2.18. The molecule has 0 bridgehead atoms. The molecular formula is C12H17NO. The second kappa shape index (κ2) is 4.11. The molecule has 1 aromatic rings. The van der Waals surface area contributed by atoms with Crippen LogP contribution in [0.4, 0.5) is 0 Å². The van der Waals surface area contributed by atoms with Gasteiger partial charge in [0.15, 0.2) is 0 Å². The first-order valence-electron chi connectivity index (χ1n) is 5.09. The van der Waals surface area contributed by atoms with E-state index in [2.05, 4.69) is 43.3 Å². The van der Waals surface area contributed by atoms with Crippen molar-refractivity contribution in [2.24, 2.45) is 0 Å².